The molecule has 8 nitrogen and oxygen atoms in total. The van der Waals surface area contributed by atoms with E-state index in [0.717, 1.165) is 50.3 Å². The summed E-state index contributed by atoms with van der Waals surface area (Å²) in [5.74, 6) is -0.220. The second kappa shape index (κ2) is 8.41. The number of anilines is 3. The van der Waals surface area contributed by atoms with Crippen LogP contribution in [0.25, 0.3) is 0 Å². The molecule has 3 rings (SSSR count). The average molecular weight is 431 g/mol. The second-order valence-electron chi connectivity index (χ2n) is 6.69. The molecule has 29 heavy (non-hydrogen) atoms. The quantitative estimate of drug-likeness (QED) is 0.402. The van der Waals surface area contributed by atoms with Gasteiger partial charge in [0.2, 0.25) is 5.95 Å². The molecule has 12 heteroatoms. The van der Waals surface area contributed by atoms with Crippen LogP contribution in [0.2, 0.25) is 0 Å². The van der Waals surface area contributed by atoms with E-state index in [9.17, 15) is 21.6 Å². The van der Waals surface area contributed by atoms with Crippen molar-refractivity contribution >= 4 is 27.6 Å². The molecule has 1 aromatic heterocycles. The fourth-order valence-corrected chi connectivity index (χ4v) is 3.48. The molecule has 1 aliphatic rings. The van der Waals surface area contributed by atoms with E-state index in [1.165, 1.54) is 12.1 Å². The zero-order chi connectivity index (χ0) is 21.1. The van der Waals surface area contributed by atoms with E-state index >= 15 is 0 Å². The van der Waals surface area contributed by atoms with Crippen molar-refractivity contribution in [1.82, 2.24) is 9.97 Å². The highest BCUT2D eigenvalue weighted by atomic mass is 32.2. The van der Waals surface area contributed by atoms with Gasteiger partial charge in [-0.05, 0) is 37.1 Å². The van der Waals surface area contributed by atoms with Crippen LogP contribution in [0.3, 0.4) is 0 Å². The third-order valence-corrected chi connectivity index (χ3v) is 5.31. The molecule has 1 fully saturated rings. The summed E-state index contributed by atoms with van der Waals surface area (Å²) in [6.07, 6.45) is 0.168. The molecule has 0 spiro atoms. The number of nitrogens with zero attached hydrogens (tertiary/aromatic N) is 2. The van der Waals surface area contributed by atoms with E-state index in [1.807, 2.05) is 0 Å². The number of aromatic nitrogens is 2. The highest BCUT2D eigenvalue weighted by Gasteiger charge is 2.34. The van der Waals surface area contributed by atoms with Gasteiger partial charge in [-0.1, -0.05) is 19.3 Å². The molecular weight excluding hydrogens is 411 g/mol. The van der Waals surface area contributed by atoms with Crippen LogP contribution in [0.4, 0.5) is 30.6 Å². The van der Waals surface area contributed by atoms with Crippen molar-refractivity contribution in [3.8, 4) is 0 Å². The Morgan fingerprint density at radius 2 is 1.66 bits per heavy atom. The third kappa shape index (κ3) is 5.94. The number of alkyl halides is 3. The molecule has 0 unspecified atom stereocenters. The van der Waals surface area contributed by atoms with Gasteiger partial charge in [-0.15, -0.1) is 0 Å². The van der Waals surface area contributed by atoms with Crippen LogP contribution in [-0.2, 0) is 16.3 Å². The van der Waals surface area contributed by atoms with E-state index in [-0.39, 0.29) is 22.7 Å². The molecule has 0 amide bonds. The summed E-state index contributed by atoms with van der Waals surface area (Å²) in [7, 11) is -4.33. The second-order valence-corrected chi connectivity index (χ2v) is 8.11. The fraction of sp³-hybridized carbons (Fsp3) is 0.412. The van der Waals surface area contributed by atoms with E-state index in [0.29, 0.717) is 5.69 Å². The minimum Gasteiger partial charge on any atom is -0.351 e. The first-order chi connectivity index (χ1) is 13.6. The molecule has 0 aliphatic heterocycles. The Balaban J connectivity index is 1.75. The highest BCUT2D eigenvalue weighted by molar-refractivity contribution is 7.85. The molecule has 158 valence electrons. The maximum Gasteiger partial charge on any atom is 0.433 e. The maximum atomic E-state index is 13.2. The van der Waals surface area contributed by atoms with Crippen molar-refractivity contribution in [3.63, 3.8) is 0 Å². The molecule has 1 saturated carbocycles. The zero-order valence-corrected chi connectivity index (χ0v) is 16.0. The normalized spacial score (nSPS) is 15.7. The number of hydrogen-bond acceptors (Lipinski definition) is 7. The highest BCUT2D eigenvalue weighted by Crippen LogP contribution is 2.30. The van der Waals surface area contributed by atoms with Crippen molar-refractivity contribution in [2.24, 2.45) is 0 Å². The van der Waals surface area contributed by atoms with Crippen molar-refractivity contribution < 1.29 is 26.1 Å². The molecular formula is C17H20F3N5O3S. The van der Waals surface area contributed by atoms with Gasteiger partial charge in [0.25, 0.3) is 10.1 Å². The topological polar surface area (TPSA) is 116 Å². The molecule has 1 aliphatic carbocycles. The SMILES string of the molecule is O=S(=O)(O)c1ccc(NNc2cc(C(F)(F)F)nc(NC3CCCCC3)n2)cc1. The molecule has 4 N–H and O–H groups in total. The van der Waals surface area contributed by atoms with Gasteiger partial charge in [0.1, 0.15) is 0 Å². The Bertz CT molecular complexity index is 946. The number of rotatable bonds is 6. The molecule has 0 bridgehead atoms. The van der Waals surface area contributed by atoms with Gasteiger partial charge in [-0.3, -0.25) is 15.4 Å². The van der Waals surface area contributed by atoms with Crippen LogP contribution in [0, 0.1) is 0 Å². The number of nitrogens with one attached hydrogen (secondary N) is 3. The molecule has 0 radical (unpaired) electrons. The van der Waals surface area contributed by atoms with Gasteiger partial charge in [-0.2, -0.15) is 26.6 Å². The monoisotopic (exact) mass is 431 g/mol. The number of halogens is 3. The van der Waals surface area contributed by atoms with Crippen LogP contribution in [0.1, 0.15) is 37.8 Å². The predicted molar refractivity (Wildman–Crippen MR) is 101 cm³/mol. The van der Waals surface area contributed by atoms with E-state index in [1.54, 1.807) is 0 Å². The van der Waals surface area contributed by atoms with E-state index in [4.69, 9.17) is 4.55 Å². The largest absolute Gasteiger partial charge is 0.433 e. The predicted octanol–water partition coefficient (Wildman–Crippen LogP) is 3.93. The summed E-state index contributed by atoms with van der Waals surface area (Å²) < 4.78 is 70.7. The molecule has 0 atom stereocenters. The van der Waals surface area contributed by atoms with Gasteiger partial charge in [-0.25, -0.2) is 4.98 Å². The Morgan fingerprint density at radius 3 is 2.24 bits per heavy atom. The lowest BCUT2D eigenvalue weighted by molar-refractivity contribution is -0.141. The zero-order valence-electron chi connectivity index (χ0n) is 15.2. The maximum absolute atomic E-state index is 13.2. The van der Waals surface area contributed by atoms with Crippen molar-refractivity contribution in [3.05, 3.63) is 36.0 Å². The minimum atomic E-state index is -4.64. The summed E-state index contributed by atoms with van der Waals surface area (Å²) in [4.78, 5) is 7.36. The van der Waals surface area contributed by atoms with E-state index < -0.39 is 22.0 Å². The first kappa shape index (κ1) is 21.1. The van der Waals surface area contributed by atoms with Crippen LogP contribution in [-0.4, -0.2) is 29.0 Å². The lowest BCUT2D eigenvalue weighted by Gasteiger charge is -2.23. The standard InChI is InChI=1S/C17H20F3N5O3S/c18-17(19,20)14-10-15(23-16(22-14)21-11-4-2-1-3-5-11)25-24-12-6-8-13(9-7-12)29(26,27)28/h6-11,24H,1-5H2,(H,26,27,28)(H2,21,22,23,25). The van der Waals surface area contributed by atoms with Gasteiger partial charge in [0, 0.05) is 12.1 Å². The Labute approximate surface area is 165 Å². The summed E-state index contributed by atoms with van der Waals surface area (Å²) in [6.45, 7) is 0. The average Bonchev–Trinajstić information content (AvgIpc) is 2.66. The lowest BCUT2D eigenvalue weighted by atomic mass is 9.96. The summed E-state index contributed by atoms with van der Waals surface area (Å²) >= 11 is 0. The summed E-state index contributed by atoms with van der Waals surface area (Å²) in [5, 5.41) is 2.97. The van der Waals surface area contributed by atoms with Crippen LogP contribution in [0.15, 0.2) is 35.2 Å². The van der Waals surface area contributed by atoms with Crippen LogP contribution in [0.5, 0.6) is 0 Å². The minimum absolute atomic E-state index is 0.0287. The molecule has 1 aromatic carbocycles. The van der Waals surface area contributed by atoms with Crippen molar-refractivity contribution in [1.29, 1.82) is 0 Å². The summed E-state index contributed by atoms with van der Waals surface area (Å²) in [6, 6.07) is 5.77. The Hall–Kier alpha value is -2.60. The van der Waals surface area contributed by atoms with Crippen LogP contribution >= 0.6 is 0 Å². The van der Waals surface area contributed by atoms with Crippen molar-refractivity contribution in [2.75, 3.05) is 16.2 Å². The Kier molecular flexibility index (Phi) is 6.13. The first-order valence-electron chi connectivity index (χ1n) is 8.94. The third-order valence-electron chi connectivity index (χ3n) is 4.44. The van der Waals surface area contributed by atoms with E-state index in [2.05, 4.69) is 26.1 Å². The number of hydrogen-bond donors (Lipinski definition) is 4. The van der Waals surface area contributed by atoms with Gasteiger partial charge in [0.05, 0.1) is 10.6 Å². The molecule has 0 saturated heterocycles. The number of benzene rings is 1. The van der Waals surface area contributed by atoms with Crippen LogP contribution < -0.4 is 16.2 Å². The van der Waals surface area contributed by atoms with Gasteiger partial charge in [0.15, 0.2) is 11.5 Å². The molecule has 1 heterocycles. The summed E-state index contributed by atoms with van der Waals surface area (Å²) in [5.41, 5.74) is 4.46. The van der Waals surface area contributed by atoms with Gasteiger partial charge < -0.3 is 5.32 Å². The molecule has 2 aromatic rings. The first-order valence-corrected chi connectivity index (χ1v) is 10.4. The lowest BCUT2D eigenvalue weighted by Crippen LogP contribution is -2.25. The number of hydrazine groups is 1. The van der Waals surface area contributed by atoms with Crippen molar-refractivity contribution in [2.45, 2.75) is 49.2 Å². The van der Waals surface area contributed by atoms with Gasteiger partial charge >= 0.3 is 6.18 Å². The fourth-order valence-electron chi connectivity index (χ4n) is 3.00. The smallest absolute Gasteiger partial charge is 0.351 e. The Morgan fingerprint density at radius 1 is 1.00 bits per heavy atom.